The maximum atomic E-state index is 13.6. The van der Waals surface area contributed by atoms with Crippen LogP contribution in [0.2, 0.25) is 0 Å². The van der Waals surface area contributed by atoms with E-state index in [2.05, 4.69) is 123 Å². The van der Waals surface area contributed by atoms with Crippen molar-refractivity contribution in [1.82, 2.24) is 5.32 Å². The Hall–Kier alpha value is -3.33. The third-order valence-corrected chi connectivity index (χ3v) is 17.2. The highest BCUT2D eigenvalue weighted by molar-refractivity contribution is 7.47. The lowest BCUT2D eigenvalue weighted by atomic mass is 10.0. The number of allylic oxidation sites excluding steroid dienone is 17. The summed E-state index contributed by atoms with van der Waals surface area (Å²) in [5.74, 6) is -0.513. The second-order valence-electron chi connectivity index (χ2n) is 26.1. The Morgan fingerprint density at radius 2 is 0.685 bits per heavy atom. The lowest BCUT2D eigenvalue weighted by molar-refractivity contribution is -0.870. The number of phosphoric ester groups is 1. The molecule has 0 aromatic rings. The van der Waals surface area contributed by atoms with Gasteiger partial charge >= 0.3 is 13.8 Å². The summed E-state index contributed by atoms with van der Waals surface area (Å²) in [6.45, 7) is 6.96. The summed E-state index contributed by atoms with van der Waals surface area (Å²) >= 11 is 0. The second-order valence-corrected chi connectivity index (χ2v) is 27.6. The minimum atomic E-state index is -4.46. The molecule has 0 aromatic carbocycles. The smallest absolute Gasteiger partial charge is 0.456 e. The molecule has 89 heavy (non-hydrogen) atoms. The van der Waals surface area contributed by atoms with E-state index in [4.69, 9.17) is 13.8 Å². The standard InChI is InChI=1S/C79H141N2O7P/c1-7-10-13-16-19-22-25-27-29-31-33-35-37-39-40-42-44-46-48-50-52-54-57-60-63-66-69-72-79(83)88-77(70-67-64-61-58-55-24-21-18-15-12-9-3)76(75-87-89(84,85)86-74-73-81(4,5)6)80-78(82)71-68-65-62-59-56-53-51-49-47-45-43-41-38-36-34-32-30-28-26-23-20-17-14-11-8-2/h19-20,22-23,27-30,33-36,39-41,43,67,70,76-77H,7-18,21,24-26,31-32,37-38,42,44-66,68-69,71-75H2,1-6H3,(H-,80,82,84,85)/p+1/b22-19-,23-20-,29-27-,30-28-,35-33-,36-34-,40-39-,43-41-,70-67+. The summed E-state index contributed by atoms with van der Waals surface area (Å²) in [5, 5.41) is 3.07. The fourth-order valence-corrected chi connectivity index (χ4v) is 11.2. The van der Waals surface area contributed by atoms with Crippen LogP contribution >= 0.6 is 7.82 Å². The van der Waals surface area contributed by atoms with E-state index < -0.39 is 20.0 Å². The Kier molecular flexibility index (Phi) is 65.0. The van der Waals surface area contributed by atoms with E-state index in [0.29, 0.717) is 17.4 Å². The Labute approximate surface area is 551 Å². The number of hydrogen-bond donors (Lipinski definition) is 2. The maximum absolute atomic E-state index is 13.6. The van der Waals surface area contributed by atoms with E-state index in [1.165, 1.54) is 186 Å². The molecule has 0 fully saturated rings. The van der Waals surface area contributed by atoms with Gasteiger partial charge in [0.15, 0.2) is 0 Å². The van der Waals surface area contributed by atoms with Gasteiger partial charge in [-0.05, 0) is 122 Å². The van der Waals surface area contributed by atoms with Gasteiger partial charge in [-0.3, -0.25) is 18.6 Å². The molecule has 0 aromatic heterocycles. The zero-order chi connectivity index (χ0) is 64.9. The molecule has 3 atom stereocenters. The number of unbranched alkanes of at least 4 members (excludes halogenated alkanes) is 35. The van der Waals surface area contributed by atoms with Gasteiger partial charge in [0.1, 0.15) is 19.3 Å². The molecule has 9 nitrogen and oxygen atoms in total. The molecule has 514 valence electrons. The Bertz CT molecular complexity index is 1890. The minimum absolute atomic E-state index is 0.0341. The van der Waals surface area contributed by atoms with Crippen LogP contribution in [0.4, 0.5) is 0 Å². The predicted molar refractivity (Wildman–Crippen MR) is 387 cm³/mol. The first-order valence-corrected chi connectivity index (χ1v) is 38.7. The van der Waals surface area contributed by atoms with Crippen molar-refractivity contribution in [3.05, 3.63) is 109 Å². The maximum Gasteiger partial charge on any atom is 0.472 e. The number of esters is 1. The zero-order valence-corrected chi connectivity index (χ0v) is 59.8. The number of nitrogens with one attached hydrogen (secondary N) is 1. The summed E-state index contributed by atoms with van der Waals surface area (Å²) in [5.41, 5.74) is 0. The molecule has 3 unspecified atom stereocenters. The SMILES string of the molecule is CCCCC/C=C\C/C=C\C/C=C\C/C=C\CCCCCCCCCCCCCC(=O)OC(/C=C/CCCCCCCCCCC)C(COP(=O)(O)OCC[N+](C)(C)C)NC(=O)CCCCCCCCCCC/C=C\C/C=C\C/C=C\C/C=C\CCCCC. The Morgan fingerprint density at radius 3 is 1.04 bits per heavy atom. The number of hydrogen-bond acceptors (Lipinski definition) is 6. The summed E-state index contributed by atoms with van der Waals surface area (Å²) in [6, 6.07) is -0.860. The molecule has 0 radical (unpaired) electrons. The summed E-state index contributed by atoms with van der Waals surface area (Å²) in [7, 11) is 1.48. The summed E-state index contributed by atoms with van der Waals surface area (Å²) in [6.07, 6.45) is 93.9. The van der Waals surface area contributed by atoms with Crippen molar-refractivity contribution in [3.8, 4) is 0 Å². The van der Waals surface area contributed by atoms with Gasteiger partial charge in [0.2, 0.25) is 5.91 Å². The highest BCUT2D eigenvalue weighted by Gasteiger charge is 2.30. The van der Waals surface area contributed by atoms with Crippen LogP contribution in [0.25, 0.3) is 0 Å². The third kappa shape index (κ3) is 68.9. The molecular weight excluding hydrogens is 1120 g/mol. The van der Waals surface area contributed by atoms with E-state index in [1.54, 1.807) is 0 Å². The van der Waals surface area contributed by atoms with Crippen molar-refractivity contribution in [2.75, 3.05) is 40.9 Å². The molecule has 0 saturated heterocycles. The number of nitrogens with zero attached hydrogens (tertiary/aromatic N) is 1. The van der Waals surface area contributed by atoms with Crippen molar-refractivity contribution < 1.29 is 37.3 Å². The van der Waals surface area contributed by atoms with Crippen LogP contribution < -0.4 is 5.32 Å². The van der Waals surface area contributed by atoms with Crippen molar-refractivity contribution in [2.45, 2.75) is 341 Å². The van der Waals surface area contributed by atoms with Gasteiger partial charge < -0.3 is 19.4 Å². The number of amides is 1. The first-order valence-electron chi connectivity index (χ1n) is 37.2. The molecule has 2 N–H and O–H groups in total. The highest BCUT2D eigenvalue weighted by atomic mass is 31.2. The minimum Gasteiger partial charge on any atom is -0.456 e. The molecule has 1 amide bonds. The molecule has 10 heteroatoms. The van der Waals surface area contributed by atoms with Gasteiger partial charge in [-0.25, -0.2) is 4.57 Å². The van der Waals surface area contributed by atoms with E-state index in [0.717, 1.165) is 109 Å². The van der Waals surface area contributed by atoms with Crippen LogP contribution in [-0.2, 0) is 27.9 Å². The van der Waals surface area contributed by atoms with E-state index in [1.807, 2.05) is 33.3 Å². The van der Waals surface area contributed by atoms with Gasteiger partial charge in [-0.2, -0.15) is 0 Å². The van der Waals surface area contributed by atoms with E-state index >= 15 is 0 Å². The van der Waals surface area contributed by atoms with Crippen molar-refractivity contribution >= 4 is 19.7 Å². The number of ether oxygens (including phenoxy) is 1. The number of phosphoric acid groups is 1. The van der Waals surface area contributed by atoms with Crippen molar-refractivity contribution in [3.63, 3.8) is 0 Å². The average molecular weight is 1260 g/mol. The third-order valence-electron chi connectivity index (χ3n) is 16.2. The fourth-order valence-electron chi connectivity index (χ4n) is 10.4. The van der Waals surface area contributed by atoms with Crippen molar-refractivity contribution in [2.24, 2.45) is 0 Å². The van der Waals surface area contributed by atoms with E-state index in [9.17, 15) is 19.0 Å². The molecule has 0 heterocycles. The lowest BCUT2D eigenvalue weighted by Crippen LogP contribution is -2.47. The summed E-state index contributed by atoms with van der Waals surface area (Å²) < 4.78 is 30.8. The number of likely N-dealkylation sites (N-methyl/N-ethyl adjacent to an activating group) is 1. The van der Waals surface area contributed by atoms with Gasteiger partial charge in [-0.15, -0.1) is 0 Å². The normalized spacial score (nSPS) is 14.1. The van der Waals surface area contributed by atoms with E-state index in [-0.39, 0.29) is 31.5 Å². The molecule has 0 aliphatic heterocycles. The zero-order valence-electron chi connectivity index (χ0n) is 58.9. The molecule has 0 aliphatic rings. The second kappa shape index (κ2) is 67.6. The number of carbonyl (C=O) groups is 2. The lowest BCUT2D eigenvalue weighted by Gasteiger charge is -2.27. The summed E-state index contributed by atoms with van der Waals surface area (Å²) in [4.78, 5) is 37.9. The van der Waals surface area contributed by atoms with Gasteiger partial charge in [0.05, 0.1) is 33.8 Å². The topological polar surface area (TPSA) is 111 Å². The first kappa shape index (κ1) is 85.7. The van der Waals surface area contributed by atoms with Crippen LogP contribution in [0.1, 0.15) is 329 Å². The quantitative estimate of drug-likeness (QED) is 0.0205. The van der Waals surface area contributed by atoms with Crippen molar-refractivity contribution in [1.29, 1.82) is 0 Å². The van der Waals surface area contributed by atoms with Gasteiger partial charge in [-0.1, -0.05) is 304 Å². The Balaban J connectivity index is 5.00. The number of carbonyl (C=O) groups excluding carboxylic acids is 2. The molecule has 0 bridgehead atoms. The Morgan fingerprint density at radius 1 is 0.393 bits per heavy atom. The predicted octanol–water partition coefficient (Wildman–Crippen LogP) is 24.0. The fraction of sp³-hybridized carbons (Fsp3) is 0.747. The van der Waals surface area contributed by atoms with Gasteiger partial charge in [0.25, 0.3) is 0 Å². The molecule has 0 rings (SSSR count). The highest BCUT2D eigenvalue weighted by Crippen LogP contribution is 2.43. The molecular formula is C79H142N2O7P+. The largest absolute Gasteiger partial charge is 0.472 e. The molecule has 0 saturated carbocycles. The first-order chi connectivity index (χ1) is 43.4. The average Bonchev–Trinajstić information content (AvgIpc) is 3.71. The molecule has 0 spiro atoms. The number of quaternary nitrogens is 1. The molecule has 0 aliphatic carbocycles. The van der Waals surface area contributed by atoms with Crippen LogP contribution in [0.3, 0.4) is 0 Å². The van der Waals surface area contributed by atoms with Crippen LogP contribution in [0, 0.1) is 0 Å². The van der Waals surface area contributed by atoms with Crippen LogP contribution in [-0.4, -0.2) is 74.3 Å². The van der Waals surface area contributed by atoms with Crippen LogP contribution in [0.15, 0.2) is 109 Å². The van der Waals surface area contributed by atoms with Crippen LogP contribution in [0.5, 0.6) is 0 Å². The number of rotatable bonds is 67. The van der Waals surface area contributed by atoms with Gasteiger partial charge in [0, 0.05) is 12.8 Å². The monoisotopic (exact) mass is 1260 g/mol.